The molecule has 0 aromatic heterocycles. The zero-order chi connectivity index (χ0) is 24.1. The third-order valence-corrected chi connectivity index (χ3v) is 6.75. The van der Waals surface area contributed by atoms with E-state index < -0.39 is 12.0 Å². The molecule has 0 bridgehead atoms. The number of carboxylic acids is 1. The molecule has 1 unspecified atom stereocenters. The number of phenolic OH excluding ortho intramolecular Hbond substituents is 1. The van der Waals surface area contributed by atoms with E-state index in [0.717, 1.165) is 33.8 Å². The first kappa shape index (κ1) is 26.3. The fourth-order valence-corrected chi connectivity index (χ4v) is 4.59. The Hall–Kier alpha value is -1.98. The van der Waals surface area contributed by atoms with Crippen LogP contribution in [0.3, 0.4) is 0 Å². The molecule has 2 aromatic rings. The summed E-state index contributed by atoms with van der Waals surface area (Å²) in [6.07, 6.45) is 0.881. The molecule has 176 valence electrons. The SMILES string of the molecule is CC(C(=O)O)N(CCCSc1cc(C(C)(C)C)c(O)c(C(C)(C)C)c1)Cc1ccccc1. The molecule has 0 aliphatic rings. The van der Waals surface area contributed by atoms with Crippen LogP contribution in [0.5, 0.6) is 5.75 Å². The van der Waals surface area contributed by atoms with Crippen LogP contribution in [-0.4, -0.2) is 39.4 Å². The highest BCUT2D eigenvalue weighted by molar-refractivity contribution is 7.99. The second kappa shape index (κ2) is 10.8. The maximum atomic E-state index is 11.6. The fourth-order valence-electron chi connectivity index (χ4n) is 3.68. The van der Waals surface area contributed by atoms with Crippen LogP contribution in [0.4, 0.5) is 0 Å². The van der Waals surface area contributed by atoms with Gasteiger partial charge in [0.1, 0.15) is 11.8 Å². The van der Waals surface area contributed by atoms with E-state index in [1.807, 2.05) is 35.2 Å². The number of thioether (sulfide) groups is 1. The average molecular weight is 458 g/mol. The summed E-state index contributed by atoms with van der Waals surface area (Å²) in [5.41, 5.74) is 2.76. The average Bonchev–Trinajstić information content (AvgIpc) is 2.69. The van der Waals surface area contributed by atoms with Crippen LogP contribution in [-0.2, 0) is 22.2 Å². The molecule has 1 atom stereocenters. The van der Waals surface area contributed by atoms with E-state index in [2.05, 4.69) is 53.7 Å². The van der Waals surface area contributed by atoms with E-state index in [4.69, 9.17) is 0 Å². The van der Waals surface area contributed by atoms with Gasteiger partial charge in [-0.2, -0.15) is 0 Å². The Morgan fingerprint density at radius 2 is 1.53 bits per heavy atom. The molecule has 2 rings (SSSR count). The summed E-state index contributed by atoms with van der Waals surface area (Å²) in [5.74, 6) is 0.491. The number of carbonyl (C=O) groups is 1. The zero-order valence-corrected chi connectivity index (χ0v) is 21.4. The minimum atomic E-state index is -0.795. The molecule has 0 saturated carbocycles. The second-order valence-corrected chi connectivity index (χ2v) is 11.7. The quantitative estimate of drug-likeness (QED) is 0.335. The van der Waals surface area contributed by atoms with Crippen molar-refractivity contribution in [2.45, 2.75) is 83.2 Å². The fraction of sp³-hybridized carbons (Fsp3) is 0.519. The summed E-state index contributed by atoms with van der Waals surface area (Å²) in [6.45, 7) is 15.8. The molecule has 0 fully saturated rings. The molecule has 5 heteroatoms. The normalized spacial score (nSPS) is 13.4. The summed E-state index contributed by atoms with van der Waals surface area (Å²) in [7, 11) is 0. The predicted octanol–water partition coefficient (Wildman–Crippen LogP) is 6.44. The first-order valence-electron chi connectivity index (χ1n) is 11.3. The predicted molar refractivity (Wildman–Crippen MR) is 135 cm³/mol. The van der Waals surface area contributed by atoms with Crippen molar-refractivity contribution in [1.82, 2.24) is 4.90 Å². The summed E-state index contributed by atoms with van der Waals surface area (Å²) < 4.78 is 0. The van der Waals surface area contributed by atoms with Crippen molar-refractivity contribution in [1.29, 1.82) is 0 Å². The maximum Gasteiger partial charge on any atom is 0.320 e. The van der Waals surface area contributed by atoms with Crippen LogP contribution in [0, 0.1) is 0 Å². The summed E-state index contributed by atoms with van der Waals surface area (Å²) >= 11 is 1.77. The number of hydrogen-bond donors (Lipinski definition) is 2. The van der Waals surface area contributed by atoms with Crippen molar-refractivity contribution < 1.29 is 15.0 Å². The summed E-state index contributed by atoms with van der Waals surface area (Å²) in [6, 6.07) is 13.7. The van der Waals surface area contributed by atoms with Crippen molar-refractivity contribution in [3.8, 4) is 5.75 Å². The Morgan fingerprint density at radius 3 is 2.00 bits per heavy atom. The lowest BCUT2D eigenvalue weighted by molar-refractivity contribution is -0.142. The van der Waals surface area contributed by atoms with Crippen LogP contribution < -0.4 is 0 Å². The number of hydrogen-bond acceptors (Lipinski definition) is 4. The molecule has 0 radical (unpaired) electrons. The highest BCUT2D eigenvalue weighted by Crippen LogP contribution is 2.41. The van der Waals surface area contributed by atoms with E-state index in [0.29, 0.717) is 18.8 Å². The van der Waals surface area contributed by atoms with Crippen LogP contribution in [0.1, 0.15) is 71.6 Å². The molecular weight excluding hydrogens is 418 g/mol. The molecule has 0 aliphatic carbocycles. The van der Waals surface area contributed by atoms with Gasteiger partial charge in [0.2, 0.25) is 0 Å². The molecule has 0 heterocycles. The third-order valence-electron chi connectivity index (χ3n) is 5.69. The first-order chi connectivity index (χ1) is 14.8. The topological polar surface area (TPSA) is 60.8 Å². The van der Waals surface area contributed by atoms with Gasteiger partial charge in [-0.25, -0.2) is 0 Å². The van der Waals surface area contributed by atoms with Crippen molar-refractivity contribution in [2.75, 3.05) is 12.3 Å². The van der Waals surface area contributed by atoms with Crippen molar-refractivity contribution in [2.24, 2.45) is 0 Å². The van der Waals surface area contributed by atoms with Crippen molar-refractivity contribution >= 4 is 17.7 Å². The minimum absolute atomic E-state index is 0.149. The van der Waals surface area contributed by atoms with Crippen LogP contribution in [0.15, 0.2) is 47.4 Å². The number of benzene rings is 2. The van der Waals surface area contributed by atoms with Gasteiger partial charge in [0.15, 0.2) is 0 Å². The van der Waals surface area contributed by atoms with Gasteiger partial charge in [0.25, 0.3) is 0 Å². The number of carboxylic acid groups (broad SMARTS) is 1. The first-order valence-corrected chi connectivity index (χ1v) is 12.3. The number of rotatable bonds is 9. The molecule has 2 N–H and O–H groups in total. The van der Waals surface area contributed by atoms with Gasteiger partial charge < -0.3 is 10.2 Å². The monoisotopic (exact) mass is 457 g/mol. The van der Waals surface area contributed by atoms with Gasteiger partial charge >= 0.3 is 5.97 Å². The van der Waals surface area contributed by atoms with Gasteiger partial charge in [-0.3, -0.25) is 9.69 Å². The summed E-state index contributed by atoms with van der Waals surface area (Å²) in [5, 5.41) is 20.4. The molecule has 0 aliphatic heterocycles. The molecule has 0 amide bonds. The maximum absolute atomic E-state index is 11.6. The zero-order valence-electron chi connectivity index (χ0n) is 20.6. The van der Waals surface area contributed by atoms with Crippen LogP contribution in [0.2, 0.25) is 0 Å². The van der Waals surface area contributed by atoms with Gasteiger partial charge in [0.05, 0.1) is 0 Å². The summed E-state index contributed by atoms with van der Waals surface area (Å²) in [4.78, 5) is 14.8. The lowest BCUT2D eigenvalue weighted by atomic mass is 9.79. The van der Waals surface area contributed by atoms with E-state index in [1.165, 1.54) is 0 Å². The molecule has 0 spiro atoms. The van der Waals surface area contributed by atoms with Gasteiger partial charge in [0, 0.05) is 29.1 Å². The molecule has 2 aromatic carbocycles. The number of nitrogens with zero attached hydrogens (tertiary/aromatic N) is 1. The highest BCUT2D eigenvalue weighted by atomic mass is 32.2. The van der Waals surface area contributed by atoms with Gasteiger partial charge in [-0.15, -0.1) is 11.8 Å². The van der Waals surface area contributed by atoms with Crippen molar-refractivity contribution in [3.05, 3.63) is 59.2 Å². The smallest absolute Gasteiger partial charge is 0.320 e. The number of phenols is 1. The van der Waals surface area contributed by atoms with Crippen LogP contribution in [0.25, 0.3) is 0 Å². The third kappa shape index (κ3) is 7.28. The highest BCUT2D eigenvalue weighted by Gasteiger charge is 2.26. The Labute approximate surface area is 198 Å². The molecule has 4 nitrogen and oxygen atoms in total. The van der Waals surface area contributed by atoms with Gasteiger partial charge in [-0.1, -0.05) is 71.9 Å². The minimum Gasteiger partial charge on any atom is -0.507 e. The van der Waals surface area contributed by atoms with E-state index in [9.17, 15) is 15.0 Å². The number of aliphatic carboxylic acids is 1. The largest absolute Gasteiger partial charge is 0.507 e. The standard InChI is InChI=1S/C27H39NO3S/c1-19(25(30)31)28(18-20-12-9-8-10-13-20)14-11-15-32-21-16-22(26(2,3)4)24(29)23(17-21)27(5,6)7/h8-10,12-13,16-17,19,29H,11,14-15,18H2,1-7H3,(H,30,31). The van der Waals surface area contributed by atoms with Crippen molar-refractivity contribution in [3.63, 3.8) is 0 Å². The lowest BCUT2D eigenvalue weighted by Gasteiger charge is -2.28. The second-order valence-electron chi connectivity index (χ2n) is 10.5. The molecule has 32 heavy (non-hydrogen) atoms. The Kier molecular flexibility index (Phi) is 8.83. The number of aromatic hydroxyl groups is 1. The van der Waals surface area contributed by atoms with Crippen LogP contribution >= 0.6 is 11.8 Å². The Balaban J connectivity index is 2.11. The lowest BCUT2D eigenvalue weighted by Crippen LogP contribution is -2.39. The Morgan fingerprint density at radius 1 is 1.00 bits per heavy atom. The van der Waals surface area contributed by atoms with Gasteiger partial charge in [-0.05, 0) is 47.6 Å². The van der Waals surface area contributed by atoms with E-state index >= 15 is 0 Å². The molecular formula is C27H39NO3S. The van der Waals surface area contributed by atoms with E-state index in [-0.39, 0.29) is 10.8 Å². The Bertz CT molecular complexity index is 862. The van der Waals surface area contributed by atoms with E-state index in [1.54, 1.807) is 18.7 Å². The molecule has 0 saturated heterocycles.